The van der Waals surface area contributed by atoms with Crippen molar-refractivity contribution >= 4 is 35.1 Å². The van der Waals surface area contributed by atoms with Crippen molar-refractivity contribution in [3.05, 3.63) is 64.7 Å². The van der Waals surface area contributed by atoms with Gasteiger partial charge in [-0.15, -0.1) is 0 Å². The molecule has 7 heteroatoms. The van der Waals surface area contributed by atoms with Gasteiger partial charge in [-0.3, -0.25) is 14.4 Å². The molecule has 0 saturated carbocycles. The van der Waals surface area contributed by atoms with Crippen LogP contribution in [0.3, 0.4) is 0 Å². The molecule has 0 aliphatic rings. The Labute approximate surface area is 156 Å². The predicted molar refractivity (Wildman–Crippen MR) is 99.0 cm³/mol. The van der Waals surface area contributed by atoms with Gasteiger partial charge in [0, 0.05) is 23.2 Å². The summed E-state index contributed by atoms with van der Waals surface area (Å²) in [5, 5.41) is 6.00. The third kappa shape index (κ3) is 5.60. The van der Waals surface area contributed by atoms with E-state index < -0.39 is 12.0 Å². The standard InChI is InChI=1S/C19H19ClN2O4/c1-12(23)21-16-5-3-4-14(10-16)19(25)22-17(11-18(24)26-2)13-6-8-15(20)9-7-13/h3-10,17H,11H2,1-2H3,(H,21,23)(H,22,25)/t17-/m0/s1. The number of methoxy groups -OCH3 is 1. The highest BCUT2D eigenvalue weighted by molar-refractivity contribution is 6.30. The van der Waals surface area contributed by atoms with E-state index in [1.165, 1.54) is 14.0 Å². The molecule has 26 heavy (non-hydrogen) atoms. The molecule has 6 nitrogen and oxygen atoms in total. The minimum Gasteiger partial charge on any atom is -0.469 e. The lowest BCUT2D eigenvalue weighted by molar-refractivity contribution is -0.141. The summed E-state index contributed by atoms with van der Waals surface area (Å²) in [7, 11) is 1.29. The van der Waals surface area contributed by atoms with E-state index in [1.54, 1.807) is 48.5 Å². The number of amides is 2. The topological polar surface area (TPSA) is 84.5 Å². The summed E-state index contributed by atoms with van der Waals surface area (Å²) >= 11 is 5.90. The summed E-state index contributed by atoms with van der Waals surface area (Å²) in [4.78, 5) is 35.5. The molecule has 2 amide bonds. The SMILES string of the molecule is COC(=O)C[C@H](NC(=O)c1cccc(NC(C)=O)c1)c1ccc(Cl)cc1. The van der Waals surface area contributed by atoms with Crippen LogP contribution in [-0.2, 0) is 14.3 Å². The van der Waals surface area contributed by atoms with Crippen molar-refractivity contribution in [2.24, 2.45) is 0 Å². The molecule has 136 valence electrons. The Hall–Kier alpha value is -2.86. The molecular weight excluding hydrogens is 356 g/mol. The van der Waals surface area contributed by atoms with E-state index in [0.717, 1.165) is 5.56 Å². The predicted octanol–water partition coefficient (Wildman–Crippen LogP) is 3.33. The zero-order valence-electron chi connectivity index (χ0n) is 14.4. The zero-order valence-corrected chi connectivity index (χ0v) is 15.2. The summed E-state index contributed by atoms with van der Waals surface area (Å²) in [6.45, 7) is 1.39. The second-order valence-electron chi connectivity index (χ2n) is 5.62. The van der Waals surface area contributed by atoms with Crippen LogP contribution in [0, 0.1) is 0 Å². The zero-order chi connectivity index (χ0) is 19.1. The van der Waals surface area contributed by atoms with Gasteiger partial charge in [-0.2, -0.15) is 0 Å². The van der Waals surface area contributed by atoms with Gasteiger partial charge in [0.25, 0.3) is 5.91 Å². The summed E-state index contributed by atoms with van der Waals surface area (Å²) in [5.41, 5.74) is 1.60. The lowest BCUT2D eigenvalue weighted by atomic mass is 10.0. The van der Waals surface area contributed by atoms with Crippen molar-refractivity contribution in [1.82, 2.24) is 5.32 Å². The van der Waals surface area contributed by atoms with Crippen molar-refractivity contribution in [1.29, 1.82) is 0 Å². The van der Waals surface area contributed by atoms with Crippen molar-refractivity contribution in [2.45, 2.75) is 19.4 Å². The van der Waals surface area contributed by atoms with Gasteiger partial charge >= 0.3 is 5.97 Å². The van der Waals surface area contributed by atoms with Crippen molar-refractivity contribution < 1.29 is 19.1 Å². The average Bonchev–Trinajstić information content (AvgIpc) is 2.61. The molecule has 2 N–H and O–H groups in total. The second-order valence-corrected chi connectivity index (χ2v) is 6.06. The monoisotopic (exact) mass is 374 g/mol. The molecule has 0 aromatic heterocycles. The van der Waals surface area contributed by atoms with Gasteiger partial charge in [0.1, 0.15) is 0 Å². The first-order chi connectivity index (χ1) is 12.4. The fraction of sp³-hybridized carbons (Fsp3) is 0.211. The lowest BCUT2D eigenvalue weighted by Crippen LogP contribution is -2.30. The van der Waals surface area contributed by atoms with Gasteiger partial charge in [0.15, 0.2) is 0 Å². The van der Waals surface area contributed by atoms with E-state index in [2.05, 4.69) is 10.6 Å². The highest BCUT2D eigenvalue weighted by Gasteiger charge is 2.20. The minimum atomic E-state index is -0.573. The van der Waals surface area contributed by atoms with E-state index in [1.807, 2.05) is 0 Å². The van der Waals surface area contributed by atoms with Gasteiger partial charge in [-0.1, -0.05) is 29.8 Å². The Morgan fingerprint density at radius 2 is 1.81 bits per heavy atom. The highest BCUT2D eigenvalue weighted by atomic mass is 35.5. The minimum absolute atomic E-state index is 0.0186. The molecule has 0 bridgehead atoms. The number of carbonyl (C=O) groups excluding carboxylic acids is 3. The van der Waals surface area contributed by atoms with Gasteiger partial charge in [0.05, 0.1) is 19.6 Å². The number of hydrogen-bond donors (Lipinski definition) is 2. The Morgan fingerprint density at radius 3 is 2.42 bits per heavy atom. The number of anilines is 1. The van der Waals surface area contributed by atoms with Crippen LogP contribution >= 0.6 is 11.6 Å². The number of ether oxygens (including phenoxy) is 1. The third-order valence-corrected chi connectivity index (χ3v) is 3.87. The Balaban J connectivity index is 2.21. The number of nitrogens with one attached hydrogen (secondary N) is 2. The van der Waals surface area contributed by atoms with E-state index in [-0.39, 0.29) is 18.2 Å². The molecule has 0 aliphatic heterocycles. The van der Waals surface area contributed by atoms with Crippen LogP contribution in [0.5, 0.6) is 0 Å². The maximum absolute atomic E-state index is 12.6. The van der Waals surface area contributed by atoms with Crippen LogP contribution < -0.4 is 10.6 Å². The smallest absolute Gasteiger partial charge is 0.307 e. The van der Waals surface area contributed by atoms with E-state index in [4.69, 9.17) is 16.3 Å². The fourth-order valence-electron chi connectivity index (χ4n) is 2.38. The van der Waals surface area contributed by atoms with Crippen LogP contribution in [0.4, 0.5) is 5.69 Å². The molecule has 0 unspecified atom stereocenters. The van der Waals surface area contributed by atoms with Gasteiger partial charge < -0.3 is 15.4 Å². The number of hydrogen-bond acceptors (Lipinski definition) is 4. The van der Waals surface area contributed by atoms with Crippen LogP contribution in [-0.4, -0.2) is 24.9 Å². The highest BCUT2D eigenvalue weighted by Crippen LogP contribution is 2.21. The Morgan fingerprint density at radius 1 is 1.12 bits per heavy atom. The molecule has 0 aliphatic carbocycles. The summed E-state index contributed by atoms with van der Waals surface area (Å²) in [6.07, 6.45) is -0.0186. The molecule has 2 rings (SSSR count). The number of rotatable bonds is 6. The van der Waals surface area contributed by atoms with Gasteiger partial charge in [0.2, 0.25) is 5.91 Å². The molecule has 1 atom stereocenters. The second kappa shape index (κ2) is 9.01. The number of carbonyl (C=O) groups is 3. The molecule has 2 aromatic carbocycles. The van der Waals surface area contributed by atoms with Crippen molar-refractivity contribution in [3.63, 3.8) is 0 Å². The molecule has 0 saturated heterocycles. The fourth-order valence-corrected chi connectivity index (χ4v) is 2.51. The normalized spacial score (nSPS) is 11.3. The average molecular weight is 375 g/mol. The number of halogens is 1. The molecule has 0 radical (unpaired) electrons. The van der Waals surface area contributed by atoms with Gasteiger partial charge in [-0.05, 0) is 35.9 Å². The summed E-state index contributed by atoms with van der Waals surface area (Å²) in [6, 6.07) is 12.8. The quantitative estimate of drug-likeness (QED) is 0.759. The molecule has 2 aromatic rings. The van der Waals surface area contributed by atoms with Crippen LogP contribution in [0.2, 0.25) is 5.02 Å². The van der Waals surface area contributed by atoms with Crippen LogP contribution in [0.15, 0.2) is 48.5 Å². The Kier molecular flexibility index (Phi) is 6.74. The first-order valence-electron chi connectivity index (χ1n) is 7.90. The molecule has 0 fully saturated rings. The summed E-state index contributed by atoms with van der Waals surface area (Å²) < 4.78 is 4.71. The van der Waals surface area contributed by atoms with Gasteiger partial charge in [-0.25, -0.2) is 0 Å². The maximum atomic E-state index is 12.6. The van der Waals surface area contributed by atoms with E-state index >= 15 is 0 Å². The molecule has 0 spiro atoms. The molecular formula is C19H19ClN2O4. The third-order valence-electron chi connectivity index (χ3n) is 3.62. The number of esters is 1. The van der Waals surface area contributed by atoms with Crippen LogP contribution in [0.1, 0.15) is 35.3 Å². The van der Waals surface area contributed by atoms with Crippen molar-refractivity contribution in [2.75, 3.05) is 12.4 Å². The van der Waals surface area contributed by atoms with E-state index in [0.29, 0.717) is 16.3 Å². The molecule has 0 heterocycles. The largest absolute Gasteiger partial charge is 0.469 e. The first-order valence-corrected chi connectivity index (χ1v) is 8.27. The maximum Gasteiger partial charge on any atom is 0.307 e. The van der Waals surface area contributed by atoms with Crippen molar-refractivity contribution in [3.8, 4) is 0 Å². The Bertz CT molecular complexity index is 805. The first kappa shape index (κ1) is 19.5. The van der Waals surface area contributed by atoms with E-state index in [9.17, 15) is 14.4 Å². The number of benzene rings is 2. The lowest BCUT2D eigenvalue weighted by Gasteiger charge is -2.18. The summed E-state index contributed by atoms with van der Waals surface area (Å²) in [5.74, 6) is -1.05. The van der Waals surface area contributed by atoms with Crippen LogP contribution in [0.25, 0.3) is 0 Å².